The second-order valence-electron chi connectivity index (χ2n) is 4.90. The molecule has 0 aromatic heterocycles. The number of benzene rings is 1. The molecule has 1 heterocycles. The molecule has 0 radical (unpaired) electrons. The Bertz CT molecular complexity index is 499. The lowest BCUT2D eigenvalue weighted by molar-refractivity contribution is -0.0501. The van der Waals surface area contributed by atoms with Gasteiger partial charge >= 0.3 is 6.61 Å². The highest BCUT2D eigenvalue weighted by atomic mass is 19.3. The Labute approximate surface area is 121 Å². The van der Waals surface area contributed by atoms with Crippen LogP contribution in [0.15, 0.2) is 24.3 Å². The Hall–Kier alpha value is -1.73. The van der Waals surface area contributed by atoms with Gasteiger partial charge in [-0.25, -0.2) is 0 Å². The van der Waals surface area contributed by atoms with Crippen LogP contribution in [0, 0.1) is 0 Å². The average Bonchev–Trinajstić information content (AvgIpc) is 2.46. The van der Waals surface area contributed by atoms with Crippen LogP contribution in [0.5, 0.6) is 5.75 Å². The van der Waals surface area contributed by atoms with E-state index >= 15 is 0 Å². The minimum atomic E-state index is -2.92. The molecule has 0 bridgehead atoms. The van der Waals surface area contributed by atoms with Crippen molar-refractivity contribution in [3.63, 3.8) is 0 Å². The van der Waals surface area contributed by atoms with Gasteiger partial charge in [0.1, 0.15) is 5.75 Å². The summed E-state index contributed by atoms with van der Waals surface area (Å²) < 4.78 is 34.2. The molecule has 2 rings (SSSR count). The first-order valence-electron chi connectivity index (χ1n) is 6.68. The first-order valence-corrected chi connectivity index (χ1v) is 6.68. The van der Waals surface area contributed by atoms with Gasteiger partial charge in [-0.3, -0.25) is 4.79 Å². The molecule has 2 N–H and O–H groups in total. The predicted octanol–water partition coefficient (Wildman–Crippen LogP) is 1.48. The summed E-state index contributed by atoms with van der Waals surface area (Å²) in [5.74, 6) is -0.281. The molecule has 1 fully saturated rings. The van der Waals surface area contributed by atoms with E-state index in [-0.39, 0.29) is 23.8 Å². The van der Waals surface area contributed by atoms with E-state index in [2.05, 4.69) is 4.74 Å². The zero-order chi connectivity index (χ0) is 15.4. The normalized spacial score (nSPS) is 22.4. The number of carbonyl (C=O) groups excluding carboxylic acids is 1. The molecule has 1 saturated heterocycles. The van der Waals surface area contributed by atoms with Crippen LogP contribution in [0.1, 0.15) is 17.3 Å². The third kappa shape index (κ3) is 3.89. The number of amides is 1. The minimum Gasteiger partial charge on any atom is -0.435 e. The monoisotopic (exact) mass is 300 g/mol. The number of carbonyl (C=O) groups is 1. The lowest BCUT2D eigenvalue weighted by Crippen LogP contribution is -2.52. The highest BCUT2D eigenvalue weighted by Gasteiger charge is 2.29. The average molecular weight is 300 g/mol. The highest BCUT2D eigenvalue weighted by molar-refractivity contribution is 5.94. The Kier molecular flexibility index (Phi) is 5.08. The van der Waals surface area contributed by atoms with E-state index in [4.69, 9.17) is 10.5 Å². The maximum absolute atomic E-state index is 12.5. The van der Waals surface area contributed by atoms with Crippen molar-refractivity contribution in [1.82, 2.24) is 4.90 Å². The van der Waals surface area contributed by atoms with Gasteiger partial charge in [0.25, 0.3) is 5.91 Å². The molecule has 0 spiro atoms. The van der Waals surface area contributed by atoms with Crippen LogP contribution in [0.4, 0.5) is 8.78 Å². The van der Waals surface area contributed by atoms with Crippen molar-refractivity contribution in [3.8, 4) is 5.75 Å². The van der Waals surface area contributed by atoms with Crippen LogP contribution in [0.3, 0.4) is 0 Å². The van der Waals surface area contributed by atoms with Gasteiger partial charge in [0.05, 0.1) is 18.8 Å². The van der Waals surface area contributed by atoms with E-state index in [1.165, 1.54) is 18.2 Å². The van der Waals surface area contributed by atoms with Crippen molar-refractivity contribution in [2.75, 3.05) is 19.7 Å². The van der Waals surface area contributed by atoms with Crippen molar-refractivity contribution >= 4 is 5.91 Å². The summed E-state index contributed by atoms with van der Waals surface area (Å²) in [5.41, 5.74) is 5.87. The van der Waals surface area contributed by atoms with E-state index in [1.807, 2.05) is 6.92 Å². The molecule has 1 aliphatic heterocycles. The molecule has 116 valence electrons. The van der Waals surface area contributed by atoms with Crippen LogP contribution in [0.2, 0.25) is 0 Å². The third-order valence-corrected chi connectivity index (χ3v) is 3.34. The Morgan fingerprint density at radius 3 is 3.00 bits per heavy atom. The van der Waals surface area contributed by atoms with Crippen molar-refractivity contribution in [2.24, 2.45) is 5.73 Å². The van der Waals surface area contributed by atoms with Crippen LogP contribution in [-0.2, 0) is 4.74 Å². The summed E-state index contributed by atoms with van der Waals surface area (Å²) in [6, 6.07) is 5.68. The van der Waals surface area contributed by atoms with Gasteiger partial charge in [0.2, 0.25) is 0 Å². The number of nitrogens with zero attached hydrogens (tertiary/aromatic N) is 1. The van der Waals surface area contributed by atoms with E-state index in [0.717, 1.165) is 0 Å². The number of hydrogen-bond donors (Lipinski definition) is 1. The van der Waals surface area contributed by atoms with Gasteiger partial charge in [0, 0.05) is 18.7 Å². The number of morpholine rings is 1. The van der Waals surface area contributed by atoms with E-state index < -0.39 is 6.61 Å². The predicted molar refractivity (Wildman–Crippen MR) is 72.4 cm³/mol. The molecule has 5 nitrogen and oxygen atoms in total. The molecule has 7 heteroatoms. The number of alkyl halides is 2. The van der Waals surface area contributed by atoms with Crippen molar-refractivity contribution < 1.29 is 23.0 Å². The van der Waals surface area contributed by atoms with Crippen LogP contribution >= 0.6 is 0 Å². The van der Waals surface area contributed by atoms with Crippen molar-refractivity contribution in [3.05, 3.63) is 29.8 Å². The van der Waals surface area contributed by atoms with E-state index in [1.54, 1.807) is 11.0 Å². The van der Waals surface area contributed by atoms with Crippen molar-refractivity contribution in [2.45, 2.75) is 25.7 Å². The zero-order valence-corrected chi connectivity index (χ0v) is 11.7. The van der Waals surface area contributed by atoms with Gasteiger partial charge in [0.15, 0.2) is 0 Å². The summed E-state index contributed by atoms with van der Waals surface area (Å²) >= 11 is 0. The Morgan fingerprint density at radius 2 is 2.33 bits per heavy atom. The third-order valence-electron chi connectivity index (χ3n) is 3.34. The number of halogens is 2. The Balaban J connectivity index is 2.14. The second kappa shape index (κ2) is 6.82. The number of ether oxygens (including phenoxy) is 2. The van der Waals surface area contributed by atoms with Gasteiger partial charge in [-0.15, -0.1) is 0 Å². The fourth-order valence-corrected chi connectivity index (χ4v) is 2.21. The summed E-state index contributed by atoms with van der Waals surface area (Å²) in [6.45, 7) is 0.0613. The van der Waals surface area contributed by atoms with Crippen LogP contribution < -0.4 is 10.5 Å². The summed E-state index contributed by atoms with van der Waals surface area (Å²) in [6.07, 6.45) is -0.203. The fraction of sp³-hybridized carbons (Fsp3) is 0.500. The quantitative estimate of drug-likeness (QED) is 0.914. The molecule has 21 heavy (non-hydrogen) atoms. The SMILES string of the molecule is CC1COC(CN)CN1C(=O)c1cccc(OC(F)F)c1. The molecule has 1 aliphatic rings. The van der Waals surface area contributed by atoms with Crippen LogP contribution in [-0.4, -0.2) is 49.3 Å². The van der Waals surface area contributed by atoms with E-state index in [9.17, 15) is 13.6 Å². The standard InChI is InChI=1S/C14H18F2N2O3/c1-9-8-20-12(6-17)7-18(9)13(19)10-3-2-4-11(5-10)21-14(15)16/h2-5,9,12,14H,6-8,17H2,1H3. The molecule has 0 saturated carbocycles. The van der Waals surface area contributed by atoms with E-state index in [0.29, 0.717) is 25.3 Å². The molecule has 1 amide bonds. The molecular weight excluding hydrogens is 282 g/mol. The molecular formula is C14H18F2N2O3. The van der Waals surface area contributed by atoms with Crippen LogP contribution in [0.25, 0.3) is 0 Å². The lowest BCUT2D eigenvalue weighted by Gasteiger charge is -2.37. The smallest absolute Gasteiger partial charge is 0.387 e. The van der Waals surface area contributed by atoms with Gasteiger partial charge in [-0.1, -0.05) is 6.07 Å². The molecule has 0 aliphatic carbocycles. The molecule has 2 atom stereocenters. The number of rotatable bonds is 4. The first kappa shape index (κ1) is 15.7. The number of hydrogen-bond acceptors (Lipinski definition) is 4. The second-order valence-corrected chi connectivity index (χ2v) is 4.90. The van der Waals surface area contributed by atoms with Crippen molar-refractivity contribution in [1.29, 1.82) is 0 Å². The largest absolute Gasteiger partial charge is 0.435 e. The first-order chi connectivity index (χ1) is 10.0. The van der Waals surface area contributed by atoms with Gasteiger partial charge < -0.3 is 20.1 Å². The topological polar surface area (TPSA) is 64.8 Å². The van der Waals surface area contributed by atoms with Gasteiger partial charge in [-0.2, -0.15) is 8.78 Å². The zero-order valence-electron chi connectivity index (χ0n) is 11.7. The maximum Gasteiger partial charge on any atom is 0.387 e. The molecule has 1 aromatic carbocycles. The number of nitrogens with two attached hydrogens (primary N) is 1. The van der Waals surface area contributed by atoms with Gasteiger partial charge in [-0.05, 0) is 25.1 Å². The molecule has 1 aromatic rings. The summed E-state index contributed by atoms with van der Waals surface area (Å²) in [4.78, 5) is 14.1. The highest BCUT2D eigenvalue weighted by Crippen LogP contribution is 2.20. The molecule has 2 unspecified atom stereocenters. The Morgan fingerprint density at radius 1 is 1.57 bits per heavy atom. The lowest BCUT2D eigenvalue weighted by atomic mass is 10.1. The summed E-state index contributed by atoms with van der Waals surface area (Å²) in [7, 11) is 0. The maximum atomic E-state index is 12.5. The summed E-state index contributed by atoms with van der Waals surface area (Å²) in [5, 5.41) is 0. The minimum absolute atomic E-state index is 0.0351. The fourth-order valence-electron chi connectivity index (χ4n) is 2.21.